The summed E-state index contributed by atoms with van der Waals surface area (Å²) in [7, 11) is 0. The zero-order chi connectivity index (χ0) is 14.7. The number of nitrogen functional groups attached to an aromatic ring is 1. The van der Waals surface area contributed by atoms with E-state index in [4.69, 9.17) is 5.73 Å². The molecule has 20 heavy (non-hydrogen) atoms. The Morgan fingerprint density at radius 2 is 2.40 bits per heavy atom. The van der Waals surface area contributed by atoms with Gasteiger partial charge in [-0.15, -0.1) is 0 Å². The first-order valence-electron chi connectivity index (χ1n) is 6.63. The molecule has 1 aromatic heterocycles. The molecular weight excluding hydrogens is 278 g/mol. The summed E-state index contributed by atoms with van der Waals surface area (Å²) < 4.78 is 0. The summed E-state index contributed by atoms with van der Waals surface area (Å²) in [6.07, 6.45) is 0.964. The van der Waals surface area contributed by atoms with Crippen molar-refractivity contribution in [2.24, 2.45) is 0 Å². The predicted molar refractivity (Wildman–Crippen MR) is 78.8 cm³/mol. The van der Waals surface area contributed by atoms with Crippen LogP contribution in [0.2, 0.25) is 0 Å². The van der Waals surface area contributed by atoms with Crippen molar-refractivity contribution in [2.45, 2.75) is 26.3 Å². The zero-order valence-corrected chi connectivity index (χ0v) is 12.4. The number of carbonyl (C=O) groups is 2. The number of hydrogen-bond donors (Lipinski definition) is 3. The summed E-state index contributed by atoms with van der Waals surface area (Å²) in [4.78, 5) is 30.2. The molecule has 0 spiro atoms. The van der Waals surface area contributed by atoms with E-state index in [1.54, 1.807) is 6.92 Å². The van der Waals surface area contributed by atoms with Crippen LogP contribution < -0.4 is 16.4 Å². The van der Waals surface area contributed by atoms with Crippen molar-refractivity contribution < 1.29 is 9.59 Å². The summed E-state index contributed by atoms with van der Waals surface area (Å²) >= 11 is 1.23. The summed E-state index contributed by atoms with van der Waals surface area (Å²) in [6, 6.07) is -0.482. The van der Waals surface area contributed by atoms with Crippen molar-refractivity contribution in [2.75, 3.05) is 30.7 Å². The highest BCUT2D eigenvalue weighted by Crippen LogP contribution is 2.27. The number of carbonyl (C=O) groups excluding carboxylic acids is 2. The fourth-order valence-electron chi connectivity index (χ4n) is 1.98. The molecule has 8 heteroatoms. The van der Waals surface area contributed by atoms with Crippen LogP contribution in [0.3, 0.4) is 0 Å². The van der Waals surface area contributed by atoms with Gasteiger partial charge in [0.05, 0.1) is 0 Å². The highest BCUT2D eigenvalue weighted by molar-refractivity contribution is 7.18. The van der Waals surface area contributed by atoms with Crippen LogP contribution in [0, 0.1) is 0 Å². The second-order valence-corrected chi connectivity index (χ2v) is 5.62. The summed E-state index contributed by atoms with van der Waals surface area (Å²) in [5.41, 5.74) is 5.81. The Morgan fingerprint density at radius 1 is 1.65 bits per heavy atom. The molecule has 110 valence electrons. The smallest absolute Gasteiger partial charge is 0.268 e. The van der Waals surface area contributed by atoms with Crippen molar-refractivity contribution >= 4 is 34.1 Å². The monoisotopic (exact) mass is 297 g/mol. The molecule has 1 atom stereocenters. The maximum atomic E-state index is 12.5. The Bertz CT molecular complexity index is 516. The highest BCUT2D eigenvalue weighted by atomic mass is 32.1. The Kier molecular flexibility index (Phi) is 4.43. The maximum Gasteiger partial charge on any atom is 0.268 e. The van der Waals surface area contributed by atoms with Crippen molar-refractivity contribution in [1.82, 2.24) is 15.2 Å². The summed E-state index contributed by atoms with van der Waals surface area (Å²) in [5, 5.41) is 6.48. The lowest BCUT2D eigenvalue weighted by Gasteiger charge is -2.32. The average molecular weight is 297 g/mol. The van der Waals surface area contributed by atoms with E-state index >= 15 is 0 Å². The molecule has 0 saturated carbocycles. The highest BCUT2D eigenvalue weighted by Gasteiger charge is 2.32. The standard InChI is InChI=1S/C12H19N5O2S/c1-3-4-15-12-16-9(13)8(20-12)11(19)17-6-5-14-10(18)7(17)2/h7H,3-6,13H2,1-2H3,(H,14,18)(H,15,16). The molecule has 2 rings (SSSR count). The molecule has 0 radical (unpaired) electrons. The number of aromatic nitrogens is 1. The molecule has 0 aliphatic carbocycles. The lowest BCUT2D eigenvalue weighted by atomic mass is 10.2. The van der Waals surface area contributed by atoms with Gasteiger partial charge in [0, 0.05) is 19.6 Å². The molecule has 2 amide bonds. The van der Waals surface area contributed by atoms with Crippen molar-refractivity contribution in [3.63, 3.8) is 0 Å². The molecule has 1 saturated heterocycles. The van der Waals surface area contributed by atoms with Gasteiger partial charge in [0.2, 0.25) is 5.91 Å². The Morgan fingerprint density at radius 3 is 3.10 bits per heavy atom. The third kappa shape index (κ3) is 2.84. The SMILES string of the molecule is CCCNc1nc(N)c(C(=O)N2CCNC(=O)C2C)s1. The zero-order valence-electron chi connectivity index (χ0n) is 11.6. The van der Waals surface area contributed by atoms with Crippen LogP contribution in [0.15, 0.2) is 0 Å². The van der Waals surface area contributed by atoms with E-state index in [2.05, 4.69) is 15.6 Å². The predicted octanol–water partition coefficient (Wildman–Crippen LogP) is 0.508. The van der Waals surface area contributed by atoms with E-state index in [0.717, 1.165) is 13.0 Å². The average Bonchev–Trinajstić information content (AvgIpc) is 2.80. The van der Waals surface area contributed by atoms with E-state index in [9.17, 15) is 9.59 Å². The summed E-state index contributed by atoms with van der Waals surface area (Å²) in [6.45, 7) is 5.49. The topological polar surface area (TPSA) is 100 Å². The molecule has 2 heterocycles. The third-order valence-corrected chi connectivity index (χ3v) is 4.15. The first-order valence-corrected chi connectivity index (χ1v) is 7.45. The van der Waals surface area contributed by atoms with Gasteiger partial charge in [0.15, 0.2) is 5.13 Å². The van der Waals surface area contributed by atoms with Crippen molar-refractivity contribution in [3.8, 4) is 0 Å². The van der Waals surface area contributed by atoms with Crippen molar-refractivity contribution in [1.29, 1.82) is 0 Å². The van der Waals surface area contributed by atoms with E-state index in [1.165, 1.54) is 16.2 Å². The van der Waals surface area contributed by atoms with E-state index in [1.807, 2.05) is 6.92 Å². The Hall–Kier alpha value is -1.83. The van der Waals surface area contributed by atoms with Crippen LogP contribution in [0.1, 0.15) is 29.9 Å². The van der Waals surface area contributed by atoms with Crippen LogP contribution in [-0.4, -0.2) is 47.4 Å². The number of anilines is 2. The second-order valence-electron chi connectivity index (χ2n) is 4.63. The molecule has 4 N–H and O–H groups in total. The minimum Gasteiger partial charge on any atom is -0.382 e. The first kappa shape index (κ1) is 14.6. The van der Waals surface area contributed by atoms with Gasteiger partial charge in [-0.3, -0.25) is 9.59 Å². The van der Waals surface area contributed by atoms with Gasteiger partial charge >= 0.3 is 0 Å². The number of thiazole rings is 1. The number of hydrogen-bond acceptors (Lipinski definition) is 6. The Labute approximate surface area is 121 Å². The largest absolute Gasteiger partial charge is 0.382 e. The number of nitrogens with two attached hydrogens (primary N) is 1. The van der Waals surface area contributed by atoms with Crippen LogP contribution in [0.4, 0.5) is 10.9 Å². The number of rotatable bonds is 4. The molecule has 7 nitrogen and oxygen atoms in total. The van der Waals surface area contributed by atoms with Crippen LogP contribution in [0.5, 0.6) is 0 Å². The van der Waals surface area contributed by atoms with Gasteiger partial charge in [0.1, 0.15) is 16.7 Å². The molecule has 1 aliphatic heterocycles. The fraction of sp³-hybridized carbons (Fsp3) is 0.583. The molecule has 0 bridgehead atoms. The third-order valence-electron chi connectivity index (χ3n) is 3.13. The van der Waals surface area contributed by atoms with Gasteiger partial charge in [-0.05, 0) is 13.3 Å². The fourth-order valence-corrected chi connectivity index (χ4v) is 2.85. The lowest BCUT2D eigenvalue weighted by Crippen LogP contribution is -2.55. The molecule has 1 aliphatic rings. The second kappa shape index (κ2) is 6.08. The van der Waals surface area contributed by atoms with Gasteiger partial charge in [0.25, 0.3) is 5.91 Å². The number of nitrogens with one attached hydrogen (secondary N) is 2. The minimum absolute atomic E-state index is 0.142. The first-order chi connectivity index (χ1) is 9.54. The molecule has 1 fully saturated rings. The van der Waals surface area contributed by atoms with Crippen LogP contribution >= 0.6 is 11.3 Å². The lowest BCUT2D eigenvalue weighted by molar-refractivity contribution is -0.127. The van der Waals surface area contributed by atoms with E-state index < -0.39 is 6.04 Å². The van der Waals surface area contributed by atoms with E-state index in [-0.39, 0.29) is 17.6 Å². The van der Waals surface area contributed by atoms with Gasteiger partial charge in [-0.1, -0.05) is 18.3 Å². The van der Waals surface area contributed by atoms with Crippen LogP contribution in [0.25, 0.3) is 0 Å². The molecular formula is C12H19N5O2S. The minimum atomic E-state index is -0.482. The molecule has 0 aromatic carbocycles. The maximum absolute atomic E-state index is 12.5. The normalized spacial score (nSPS) is 18.8. The quantitative estimate of drug-likeness (QED) is 0.752. The Balaban J connectivity index is 2.16. The molecule has 1 aromatic rings. The van der Waals surface area contributed by atoms with Crippen LogP contribution in [-0.2, 0) is 4.79 Å². The van der Waals surface area contributed by atoms with Crippen molar-refractivity contribution in [3.05, 3.63) is 4.88 Å². The number of amides is 2. The number of piperazine rings is 1. The van der Waals surface area contributed by atoms with Gasteiger partial charge in [-0.25, -0.2) is 4.98 Å². The summed E-state index contributed by atoms with van der Waals surface area (Å²) in [5.74, 6) is -0.152. The van der Waals surface area contributed by atoms with Gasteiger partial charge in [-0.2, -0.15) is 0 Å². The van der Waals surface area contributed by atoms with E-state index in [0.29, 0.717) is 23.1 Å². The number of nitrogens with zero attached hydrogens (tertiary/aromatic N) is 2. The van der Waals surface area contributed by atoms with Gasteiger partial charge < -0.3 is 21.3 Å². The molecule has 1 unspecified atom stereocenters.